The summed E-state index contributed by atoms with van der Waals surface area (Å²) in [5, 5.41) is 0. The van der Waals surface area contributed by atoms with Crippen molar-refractivity contribution in [2.45, 2.75) is 24.2 Å². The van der Waals surface area contributed by atoms with Crippen molar-refractivity contribution in [3.05, 3.63) is 42.1 Å². The molecule has 0 saturated carbocycles. The topological polar surface area (TPSA) is 58.6 Å². The number of morpholine rings is 1. The third-order valence-electron chi connectivity index (χ3n) is 4.84. The van der Waals surface area contributed by atoms with Crippen LogP contribution in [0.25, 0.3) is 0 Å². The number of ether oxygens (including phenoxy) is 1. The van der Waals surface area contributed by atoms with E-state index >= 15 is 0 Å². The van der Waals surface area contributed by atoms with Gasteiger partial charge in [-0.05, 0) is 25.0 Å². The number of thioether (sulfide) groups is 1. The molecule has 0 bridgehead atoms. The highest BCUT2D eigenvalue weighted by Crippen LogP contribution is 2.28. The van der Waals surface area contributed by atoms with E-state index in [-0.39, 0.29) is 5.91 Å². The fraction of sp³-hybridized carbons (Fsp3) is 0.450. The Bertz CT molecular complexity index is 781. The number of amides is 1. The molecule has 1 aromatic carbocycles. The maximum atomic E-state index is 12.9. The zero-order valence-corrected chi connectivity index (χ0v) is 16.2. The number of rotatable bonds is 5. The lowest BCUT2D eigenvalue weighted by Crippen LogP contribution is -2.39. The zero-order valence-electron chi connectivity index (χ0n) is 15.3. The van der Waals surface area contributed by atoms with Crippen molar-refractivity contribution >= 4 is 29.4 Å². The van der Waals surface area contributed by atoms with Gasteiger partial charge < -0.3 is 9.64 Å². The first-order chi connectivity index (χ1) is 13.3. The molecule has 4 rings (SSSR count). The van der Waals surface area contributed by atoms with Gasteiger partial charge in [0.1, 0.15) is 5.82 Å². The number of hydrogen-bond acceptors (Lipinski definition) is 6. The summed E-state index contributed by atoms with van der Waals surface area (Å²) in [7, 11) is 0. The number of carbonyl (C=O) groups is 1. The molecule has 1 saturated heterocycles. The smallest absolute Gasteiger partial charge is 0.228 e. The van der Waals surface area contributed by atoms with Crippen molar-refractivity contribution in [2.24, 2.45) is 0 Å². The van der Waals surface area contributed by atoms with Gasteiger partial charge in [-0.25, -0.2) is 4.98 Å². The predicted octanol–water partition coefficient (Wildman–Crippen LogP) is 2.77. The lowest BCUT2D eigenvalue weighted by Gasteiger charge is -2.31. The van der Waals surface area contributed by atoms with Gasteiger partial charge >= 0.3 is 0 Å². The van der Waals surface area contributed by atoms with E-state index in [9.17, 15) is 4.79 Å². The van der Waals surface area contributed by atoms with Gasteiger partial charge in [-0.2, -0.15) is 4.98 Å². The molecule has 0 unspecified atom stereocenters. The highest BCUT2D eigenvalue weighted by Gasteiger charge is 2.26. The van der Waals surface area contributed by atoms with E-state index < -0.39 is 0 Å². The van der Waals surface area contributed by atoms with Crippen LogP contribution in [0.5, 0.6) is 0 Å². The Morgan fingerprint density at radius 1 is 1.15 bits per heavy atom. The Hall–Kier alpha value is -2.12. The van der Waals surface area contributed by atoms with Gasteiger partial charge in [-0.3, -0.25) is 9.69 Å². The summed E-state index contributed by atoms with van der Waals surface area (Å²) in [6.07, 6.45) is 4.30. The first-order valence-corrected chi connectivity index (χ1v) is 10.5. The van der Waals surface area contributed by atoms with Crippen molar-refractivity contribution < 1.29 is 9.53 Å². The lowest BCUT2D eigenvalue weighted by atomic mass is 10.1. The SMILES string of the molecule is O=C(CCSc1ccccc1)N1CCCc2cnc(N3CCOCC3)nc21. The highest BCUT2D eigenvalue weighted by atomic mass is 32.2. The Kier molecular flexibility index (Phi) is 5.89. The van der Waals surface area contributed by atoms with Gasteiger partial charge in [-0.15, -0.1) is 11.8 Å². The van der Waals surface area contributed by atoms with E-state index in [1.165, 1.54) is 4.90 Å². The first-order valence-electron chi connectivity index (χ1n) is 9.48. The third-order valence-corrected chi connectivity index (χ3v) is 5.85. The van der Waals surface area contributed by atoms with Crippen LogP contribution in [-0.4, -0.2) is 54.5 Å². The maximum Gasteiger partial charge on any atom is 0.228 e. The van der Waals surface area contributed by atoms with Crippen molar-refractivity contribution in [1.29, 1.82) is 0 Å². The van der Waals surface area contributed by atoms with Gasteiger partial charge in [0, 0.05) is 48.5 Å². The first kappa shape index (κ1) is 18.3. The van der Waals surface area contributed by atoms with E-state index in [1.54, 1.807) is 11.8 Å². The van der Waals surface area contributed by atoms with E-state index in [4.69, 9.17) is 9.72 Å². The fourth-order valence-corrected chi connectivity index (χ4v) is 4.26. The van der Waals surface area contributed by atoms with Crippen molar-refractivity contribution in [2.75, 3.05) is 48.4 Å². The van der Waals surface area contributed by atoms with Crippen LogP contribution in [0.1, 0.15) is 18.4 Å². The molecule has 142 valence electrons. The van der Waals surface area contributed by atoms with Gasteiger partial charge in [0.25, 0.3) is 0 Å². The minimum atomic E-state index is 0.144. The van der Waals surface area contributed by atoms with E-state index in [0.29, 0.717) is 25.6 Å². The summed E-state index contributed by atoms with van der Waals surface area (Å²) in [4.78, 5) is 27.3. The molecule has 2 aliphatic heterocycles. The molecule has 6 nitrogen and oxygen atoms in total. The van der Waals surface area contributed by atoms with Crippen LogP contribution in [0.3, 0.4) is 0 Å². The summed E-state index contributed by atoms with van der Waals surface area (Å²) in [5.74, 6) is 2.42. The molecule has 2 aliphatic rings. The number of hydrogen-bond donors (Lipinski definition) is 0. The fourth-order valence-electron chi connectivity index (χ4n) is 3.40. The molecular formula is C20H24N4O2S. The Morgan fingerprint density at radius 3 is 2.78 bits per heavy atom. The summed E-state index contributed by atoms with van der Waals surface area (Å²) < 4.78 is 5.41. The monoisotopic (exact) mass is 384 g/mol. The van der Waals surface area contributed by atoms with Crippen LogP contribution in [0.2, 0.25) is 0 Å². The van der Waals surface area contributed by atoms with Crippen LogP contribution in [0, 0.1) is 0 Å². The molecule has 1 aromatic heterocycles. The summed E-state index contributed by atoms with van der Waals surface area (Å²) >= 11 is 1.72. The number of fused-ring (bicyclic) bond motifs is 1. The minimum Gasteiger partial charge on any atom is -0.378 e. The Balaban J connectivity index is 1.43. The number of anilines is 2. The second kappa shape index (κ2) is 8.71. The summed E-state index contributed by atoms with van der Waals surface area (Å²) in [5.41, 5.74) is 1.07. The third kappa shape index (κ3) is 4.42. The van der Waals surface area contributed by atoms with Gasteiger partial charge in [0.2, 0.25) is 11.9 Å². The molecule has 0 atom stereocenters. The van der Waals surface area contributed by atoms with Crippen molar-refractivity contribution in [1.82, 2.24) is 9.97 Å². The van der Waals surface area contributed by atoms with Crippen LogP contribution in [0.15, 0.2) is 41.4 Å². The molecule has 0 spiro atoms. The maximum absolute atomic E-state index is 12.9. The largest absolute Gasteiger partial charge is 0.378 e. The highest BCUT2D eigenvalue weighted by molar-refractivity contribution is 7.99. The molecule has 0 aliphatic carbocycles. The number of aromatic nitrogens is 2. The van der Waals surface area contributed by atoms with Crippen LogP contribution >= 0.6 is 11.8 Å². The molecule has 0 N–H and O–H groups in total. The van der Waals surface area contributed by atoms with E-state index in [1.807, 2.05) is 29.3 Å². The predicted molar refractivity (Wildman–Crippen MR) is 108 cm³/mol. The van der Waals surface area contributed by atoms with Gasteiger partial charge in [-0.1, -0.05) is 18.2 Å². The molecule has 7 heteroatoms. The van der Waals surface area contributed by atoms with E-state index in [0.717, 1.165) is 49.6 Å². The van der Waals surface area contributed by atoms with Crippen LogP contribution in [-0.2, 0) is 16.0 Å². The average molecular weight is 385 g/mol. The number of aryl methyl sites for hydroxylation is 1. The Labute approximate surface area is 163 Å². The van der Waals surface area contributed by atoms with Crippen LogP contribution < -0.4 is 9.80 Å². The quantitative estimate of drug-likeness (QED) is 0.739. The second-order valence-electron chi connectivity index (χ2n) is 6.68. The standard InChI is InChI=1S/C20H24N4O2S/c25-18(8-14-27-17-6-2-1-3-7-17)24-9-4-5-16-15-21-20(22-19(16)24)23-10-12-26-13-11-23/h1-3,6-7,15H,4-5,8-14H2. The summed E-state index contributed by atoms with van der Waals surface area (Å²) in [6, 6.07) is 10.2. The van der Waals surface area contributed by atoms with E-state index in [2.05, 4.69) is 22.0 Å². The second-order valence-corrected chi connectivity index (χ2v) is 7.85. The molecule has 3 heterocycles. The molecule has 27 heavy (non-hydrogen) atoms. The number of carbonyl (C=O) groups excluding carboxylic acids is 1. The van der Waals surface area contributed by atoms with Gasteiger partial charge in [0.15, 0.2) is 0 Å². The van der Waals surface area contributed by atoms with Crippen molar-refractivity contribution in [3.8, 4) is 0 Å². The average Bonchev–Trinajstić information content (AvgIpc) is 2.74. The van der Waals surface area contributed by atoms with Gasteiger partial charge in [0.05, 0.1) is 13.2 Å². The van der Waals surface area contributed by atoms with Crippen molar-refractivity contribution in [3.63, 3.8) is 0 Å². The summed E-state index contributed by atoms with van der Waals surface area (Å²) in [6.45, 7) is 3.71. The lowest BCUT2D eigenvalue weighted by molar-refractivity contribution is -0.118. The molecule has 2 aromatic rings. The molecular weight excluding hydrogens is 360 g/mol. The molecule has 0 radical (unpaired) electrons. The Morgan fingerprint density at radius 2 is 1.96 bits per heavy atom. The minimum absolute atomic E-state index is 0.144. The van der Waals surface area contributed by atoms with Crippen LogP contribution in [0.4, 0.5) is 11.8 Å². The molecule has 1 amide bonds. The number of nitrogens with zero attached hydrogens (tertiary/aromatic N) is 4. The normalized spacial score (nSPS) is 16.9. The number of benzene rings is 1. The zero-order chi connectivity index (χ0) is 18.5. The molecule has 1 fully saturated rings.